The molecule has 0 aromatic heterocycles. The third-order valence-corrected chi connectivity index (χ3v) is 6.19. The number of nitrogens with zero attached hydrogens (tertiary/aromatic N) is 1. The van der Waals surface area contributed by atoms with Crippen LogP contribution in [0.15, 0.2) is 48.5 Å². The largest absolute Gasteiger partial charge is 0.506 e. The second kappa shape index (κ2) is 7.67. The lowest BCUT2D eigenvalue weighted by atomic mass is 9.91. The topological polar surface area (TPSA) is 107 Å². The Morgan fingerprint density at radius 1 is 1.26 bits per heavy atom. The Hall–Kier alpha value is -2.42. The first-order chi connectivity index (χ1) is 12.8. The molecule has 3 rings (SSSR count). The molecular weight excluding hydrogens is 368 g/mol. The van der Waals surface area contributed by atoms with Gasteiger partial charge in [-0.2, -0.15) is 13.1 Å². The molecule has 0 saturated carbocycles. The van der Waals surface area contributed by atoms with Gasteiger partial charge in [-0.05, 0) is 35.6 Å². The number of carbonyl (C=O) groups excluding carboxylic acids is 1. The first-order valence-electron chi connectivity index (χ1n) is 8.62. The summed E-state index contributed by atoms with van der Waals surface area (Å²) in [5.74, 6) is -0.292. The van der Waals surface area contributed by atoms with Crippen LogP contribution in [0.3, 0.4) is 0 Å². The van der Waals surface area contributed by atoms with Crippen molar-refractivity contribution >= 4 is 22.2 Å². The van der Waals surface area contributed by atoms with E-state index < -0.39 is 22.4 Å². The van der Waals surface area contributed by atoms with Gasteiger partial charge in [-0.1, -0.05) is 43.3 Å². The van der Waals surface area contributed by atoms with Crippen LogP contribution in [-0.2, 0) is 21.4 Å². The molecule has 1 fully saturated rings. The van der Waals surface area contributed by atoms with Gasteiger partial charge in [0.05, 0.1) is 24.4 Å². The summed E-state index contributed by atoms with van der Waals surface area (Å²) in [6, 6.07) is 13.2. The van der Waals surface area contributed by atoms with Gasteiger partial charge < -0.3 is 15.0 Å². The minimum atomic E-state index is -3.86. The third kappa shape index (κ3) is 4.13. The number of aromatic hydroxyl groups is 1. The zero-order valence-corrected chi connectivity index (χ0v) is 15.6. The van der Waals surface area contributed by atoms with E-state index >= 15 is 0 Å². The molecule has 8 heteroatoms. The highest BCUT2D eigenvalue weighted by molar-refractivity contribution is 7.91. The van der Waals surface area contributed by atoms with Crippen LogP contribution in [0.25, 0.3) is 0 Å². The molecule has 0 radical (unpaired) electrons. The number of rotatable bonds is 6. The van der Waals surface area contributed by atoms with Gasteiger partial charge >= 0.3 is 10.2 Å². The maximum atomic E-state index is 12.1. The van der Waals surface area contributed by atoms with Crippen LogP contribution in [0.5, 0.6) is 5.75 Å². The molecule has 144 valence electrons. The number of anilines is 1. The fraction of sp³-hybridized carbons (Fsp3) is 0.316. The van der Waals surface area contributed by atoms with Crippen LogP contribution in [0, 0.1) is 5.92 Å². The number of aldehydes is 1. The number of nitrogens with one attached hydrogen (secondary N) is 1. The number of aliphatic hydroxyl groups is 1. The first-order valence-corrected chi connectivity index (χ1v) is 10.1. The molecular formula is C19H22N2O5S. The van der Waals surface area contributed by atoms with Crippen molar-refractivity contribution in [2.45, 2.75) is 25.5 Å². The molecule has 7 nitrogen and oxygen atoms in total. The molecule has 3 unspecified atom stereocenters. The van der Waals surface area contributed by atoms with Crippen LogP contribution in [0.1, 0.15) is 24.2 Å². The average molecular weight is 390 g/mol. The van der Waals surface area contributed by atoms with Gasteiger partial charge in [0.1, 0.15) is 12.0 Å². The molecule has 1 aliphatic heterocycles. The summed E-state index contributed by atoms with van der Waals surface area (Å²) in [4.78, 5) is 10.9. The smallest absolute Gasteiger partial charge is 0.302 e. The van der Waals surface area contributed by atoms with E-state index in [9.17, 15) is 23.4 Å². The van der Waals surface area contributed by atoms with Crippen LogP contribution in [0.2, 0.25) is 0 Å². The Balaban J connectivity index is 1.76. The summed E-state index contributed by atoms with van der Waals surface area (Å²) in [5.41, 5.74) is 1.71. The minimum Gasteiger partial charge on any atom is -0.506 e. The molecule has 0 spiro atoms. The lowest BCUT2D eigenvalue weighted by Gasteiger charge is -2.21. The number of benzene rings is 2. The van der Waals surface area contributed by atoms with Crippen LogP contribution in [-0.4, -0.2) is 37.5 Å². The highest BCUT2D eigenvalue weighted by atomic mass is 32.2. The summed E-state index contributed by atoms with van der Waals surface area (Å²) in [6.45, 7) is 1.84. The van der Waals surface area contributed by atoms with Gasteiger partial charge in [-0.25, -0.2) is 0 Å². The summed E-state index contributed by atoms with van der Waals surface area (Å²) >= 11 is 0. The minimum absolute atomic E-state index is 0.0676. The molecule has 2 aromatic rings. The number of carbonyl (C=O) groups is 1. The zero-order chi connectivity index (χ0) is 19.6. The summed E-state index contributed by atoms with van der Waals surface area (Å²) in [7, 11) is -3.86. The van der Waals surface area contributed by atoms with Gasteiger partial charge in [-0.3, -0.25) is 4.31 Å². The Morgan fingerprint density at radius 3 is 2.56 bits per heavy atom. The van der Waals surface area contributed by atoms with Crippen molar-refractivity contribution < 1.29 is 23.4 Å². The monoisotopic (exact) mass is 390 g/mol. The molecule has 1 saturated heterocycles. The van der Waals surface area contributed by atoms with E-state index in [-0.39, 0.29) is 23.9 Å². The predicted octanol–water partition coefficient (Wildman–Crippen LogP) is 1.53. The molecule has 27 heavy (non-hydrogen) atoms. The molecule has 0 bridgehead atoms. The van der Waals surface area contributed by atoms with Gasteiger partial charge in [0.2, 0.25) is 0 Å². The molecule has 0 aliphatic carbocycles. The van der Waals surface area contributed by atoms with Crippen LogP contribution < -0.4 is 9.03 Å². The Morgan fingerprint density at radius 2 is 1.96 bits per heavy atom. The predicted molar refractivity (Wildman–Crippen MR) is 102 cm³/mol. The summed E-state index contributed by atoms with van der Waals surface area (Å²) in [6.07, 6.45) is 0.381. The molecule has 1 aliphatic rings. The standard InChI is InChI=1S/C19H22N2O5S/c1-13(19(24)15-5-3-2-4-6-15)9-14-7-8-17(18(23)10-14)21-11-16(12-22)20-27(21,25)26/h2-8,10,12-13,16,19-20,23-24H,9,11H2,1H3. The van der Waals surface area contributed by atoms with Crippen molar-refractivity contribution in [1.82, 2.24) is 4.72 Å². The molecule has 1 heterocycles. The van der Waals surface area contributed by atoms with E-state index in [2.05, 4.69) is 4.72 Å². The van der Waals surface area contributed by atoms with E-state index in [1.807, 2.05) is 37.3 Å². The Labute approximate surface area is 158 Å². The van der Waals surface area contributed by atoms with Crippen LogP contribution >= 0.6 is 0 Å². The Kier molecular flexibility index (Phi) is 5.50. The number of hydrogen-bond donors (Lipinski definition) is 3. The highest BCUT2D eigenvalue weighted by Crippen LogP contribution is 2.33. The van der Waals surface area contributed by atoms with Crippen molar-refractivity contribution in [1.29, 1.82) is 0 Å². The van der Waals surface area contributed by atoms with E-state index in [4.69, 9.17) is 0 Å². The van der Waals surface area contributed by atoms with Crippen molar-refractivity contribution in [3.8, 4) is 5.75 Å². The van der Waals surface area contributed by atoms with Crippen molar-refractivity contribution in [3.63, 3.8) is 0 Å². The third-order valence-electron chi connectivity index (χ3n) is 4.66. The highest BCUT2D eigenvalue weighted by Gasteiger charge is 2.36. The summed E-state index contributed by atoms with van der Waals surface area (Å²) < 4.78 is 27.4. The van der Waals surface area contributed by atoms with Crippen molar-refractivity contribution in [2.75, 3.05) is 10.8 Å². The van der Waals surface area contributed by atoms with E-state index in [1.54, 1.807) is 6.07 Å². The Bertz CT molecular complexity index is 917. The van der Waals surface area contributed by atoms with Gasteiger partial charge in [-0.15, -0.1) is 0 Å². The fourth-order valence-corrected chi connectivity index (χ4v) is 4.65. The number of aliphatic hydroxyl groups excluding tert-OH is 1. The number of phenolic OH excluding ortho intramolecular Hbond substituents is 1. The van der Waals surface area contributed by atoms with E-state index in [1.165, 1.54) is 12.1 Å². The molecule has 2 aromatic carbocycles. The first kappa shape index (κ1) is 19.3. The lowest BCUT2D eigenvalue weighted by molar-refractivity contribution is -0.108. The quantitative estimate of drug-likeness (QED) is 0.649. The molecule has 0 amide bonds. The molecule has 3 N–H and O–H groups in total. The van der Waals surface area contributed by atoms with Crippen molar-refractivity contribution in [2.24, 2.45) is 5.92 Å². The van der Waals surface area contributed by atoms with E-state index in [0.717, 1.165) is 15.4 Å². The van der Waals surface area contributed by atoms with Crippen molar-refractivity contribution in [3.05, 3.63) is 59.7 Å². The van der Waals surface area contributed by atoms with E-state index in [0.29, 0.717) is 12.7 Å². The number of hydrogen-bond acceptors (Lipinski definition) is 5. The fourth-order valence-electron chi connectivity index (χ4n) is 3.24. The maximum Gasteiger partial charge on any atom is 0.302 e. The second-order valence-electron chi connectivity index (χ2n) is 6.76. The zero-order valence-electron chi connectivity index (χ0n) is 14.8. The van der Waals surface area contributed by atoms with Crippen LogP contribution in [0.4, 0.5) is 5.69 Å². The average Bonchev–Trinajstić information content (AvgIpc) is 2.96. The van der Waals surface area contributed by atoms with Gasteiger partial charge in [0, 0.05) is 0 Å². The van der Waals surface area contributed by atoms with Gasteiger partial charge in [0.15, 0.2) is 0 Å². The van der Waals surface area contributed by atoms with Gasteiger partial charge in [0.25, 0.3) is 0 Å². The SMILES string of the molecule is CC(Cc1ccc(N2CC(C=O)NS2(=O)=O)c(O)c1)C(O)c1ccccc1. The lowest BCUT2D eigenvalue weighted by Crippen LogP contribution is -2.30. The maximum absolute atomic E-state index is 12.1. The second-order valence-corrected chi connectivity index (χ2v) is 8.38. The summed E-state index contributed by atoms with van der Waals surface area (Å²) in [5, 5.41) is 20.8. The molecule has 3 atom stereocenters. The normalized spacial score (nSPS) is 21.0. The number of phenols is 1.